The number of phenolic OH excluding ortho intramolecular Hbond substituents is 1. The van der Waals surface area contributed by atoms with E-state index in [4.69, 9.17) is 9.15 Å². The molecule has 3 rings (SSSR count). The summed E-state index contributed by atoms with van der Waals surface area (Å²) in [6.45, 7) is 3.63. The fourth-order valence-electron chi connectivity index (χ4n) is 3.67. The summed E-state index contributed by atoms with van der Waals surface area (Å²) >= 11 is 0. The van der Waals surface area contributed by atoms with Crippen LogP contribution in [0.1, 0.15) is 54.2 Å². The van der Waals surface area contributed by atoms with Gasteiger partial charge in [-0.15, -0.1) is 0 Å². The second kappa shape index (κ2) is 10.1. The fraction of sp³-hybridized carbons (Fsp3) is 0.478. The lowest BCUT2D eigenvalue weighted by Crippen LogP contribution is -2.30. The summed E-state index contributed by atoms with van der Waals surface area (Å²) in [5.41, 5.74) is 1.36. The molecule has 168 valence electrons. The lowest BCUT2D eigenvalue weighted by Gasteiger charge is -2.26. The van der Waals surface area contributed by atoms with E-state index in [1.807, 2.05) is 6.92 Å². The van der Waals surface area contributed by atoms with Gasteiger partial charge in [0.2, 0.25) is 0 Å². The molecule has 0 saturated heterocycles. The van der Waals surface area contributed by atoms with Crippen molar-refractivity contribution in [3.05, 3.63) is 53.2 Å². The van der Waals surface area contributed by atoms with Gasteiger partial charge < -0.3 is 29.6 Å². The molecule has 0 saturated carbocycles. The molecule has 1 aliphatic heterocycles. The van der Waals surface area contributed by atoms with Gasteiger partial charge >= 0.3 is 5.97 Å². The van der Waals surface area contributed by atoms with Crippen molar-refractivity contribution in [3.8, 4) is 5.75 Å². The Labute approximate surface area is 180 Å². The first kappa shape index (κ1) is 23.0. The first-order valence-corrected chi connectivity index (χ1v) is 10.5. The molecule has 0 spiro atoms. The second-order valence-electron chi connectivity index (χ2n) is 7.98. The smallest absolute Gasteiger partial charge is 0.342 e. The van der Waals surface area contributed by atoms with Gasteiger partial charge in [0.05, 0.1) is 24.7 Å². The van der Waals surface area contributed by atoms with Gasteiger partial charge in [-0.05, 0) is 24.1 Å². The van der Waals surface area contributed by atoms with Crippen LogP contribution in [0.25, 0.3) is 6.08 Å². The minimum absolute atomic E-state index is 0.105. The Balaban J connectivity index is 1.54. The lowest BCUT2D eigenvalue weighted by molar-refractivity contribution is 0.0144. The van der Waals surface area contributed by atoms with Crippen LogP contribution in [0.15, 0.2) is 35.0 Å². The van der Waals surface area contributed by atoms with Crippen molar-refractivity contribution in [3.63, 3.8) is 0 Å². The average molecular weight is 431 g/mol. The molecule has 0 aliphatic carbocycles. The molecule has 1 aromatic heterocycles. The van der Waals surface area contributed by atoms with Crippen molar-refractivity contribution in [2.24, 2.45) is 5.92 Å². The van der Waals surface area contributed by atoms with Gasteiger partial charge in [0.15, 0.2) is 5.89 Å². The largest absolute Gasteiger partial charge is 0.507 e. The van der Waals surface area contributed by atoms with Crippen LogP contribution in [-0.2, 0) is 17.6 Å². The first-order valence-electron chi connectivity index (χ1n) is 10.5. The van der Waals surface area contributed by atoms with E-state index in [1.54, 1.807) is 25.1 Å². The van der Waals surface area contributed by atoms with E-state index in [2.05, 4.69) is 4.98 Å². The topological polar surface area (TPSA) is 133 Å². The van der Waals surface area contributed by atoms with Gasteiger partial charge in [-0.3, -0.25) is 0 Å². The Kier molecular flexibility index (Phi) is 7.48. The van der Waals surface area contributed by atoms with Crippen LogP contribution in [-0.4, -0.2) is 55.8 Å². The Hall–Kier alpha value is -2.68. The van der Waals surface area contributed by atoms with E-state index >= 15 is 0 Å². The number of aliphatic hydroxyl groups excluding tert-OH is 3. The number of esters is 1. The molecule has 0 amide bonds. The van der Waals surface area contributed by atoms with Crippen LogP contribution in [0.4, 0.5) is 0 Å². The van der Waals surface area contributed by atoms with Crippen LogP contribution < -0.4 is 0 Å². The molecule has 2 aromatic rings. The van der Waals surface area contributed by atoms with Crippen LogP contribution in [0.2, 0.25) is 0 Å². The Bertz CT molecular complexity index is 922. The van der Waals surface area contributed by atoms with Gasteiger partial charge in [0.1, 0.15) is 29.4 Å². The number of carbonyl (C=O) groups is 1. The zero-order valence-electron chi connectivity index (χ0n) is 17.6. The monoisotopic (exact) mass is 431 g/mol. The molecule has 2 heterocycles. The summed E-state index contributed by atoms with van der Waals surface area (Å²) in [6, 6.07) is 4.87. The first-order chi connectivity index (χ1) is 14.8. The van der Waals surface area contributed by atoms with Gasteiger partial charge in [0.25, 0.3) is 0 Å². The lowest BCUT2D eigenvalue weighted by atomic mass is 9.94. The number of carbonyl (C=O) groups excluding carboxylic acids is 1. The summed E-state index contributed by atoms with van der Waals surface area (Å²) in [5, 5.41) is 40.2. The maximum absolute atomic E-state index is 12.1. The maximum atomic E-state index is 12.1. The summed E-state index contributed by atoms with van der Waals surface area (Å²) in [6.07, 6.45) is 3.15. The van der Waals surface area contributed by atoms with Crippen molar-refractivity contribution in [1.29, 1.82) is 0 Å². The number of hydrogen-bond donors (Lipinski definition) is 4. The third kappa shape index (κ3) is 5.72. The summed E-state index contributed by atoms with van der Waals surface area (Å²) in [7, 11) is 0. The minimum atomic E-state index is -0.873. The Morgan fingerprint density at radius 1 is 1.26 bits per heavy atom. The molecule has 1 aliphatic rings. The highest BCUT2D eigenvalue weighted by molar-refractivity contribution is 5.95. The zero-order chi connectivity index (χ0) is 22.5. The Morgan fingerprint density at radius 3 is 2.77 bits per heavy atom. The number of phenols is 1. The molecular formula is C23H29NO7. The number of nitrogens with zero attached hydrogens (tertiary/aromatic N) is 1. The predicted molar refractivity (Wildman–Crippen MR) is 112 cm³/mol. The van der Waals surface area contributed by atoms with Crippen LogP contribution in [0.5, 0.6) is 5.75 Å². The number of aromatic hydroxyl groups is 1. The molecule has 0 fully saturated rings. The summed E-state index contributed by atoms with van der Waals surface area (Å²) in [5.74, 6) is -0.660. The number of benzene rings is 1. The number of hydrogen-bond acceptors (Lipinski definition) is 8. The Morgan fingerprint density at radius 2 is 2.03 bits per heavy atom. The summed E-state index contributed by atoms with van der Waals surface area (Å²) < 4.78 is 10.7. The normalized spacial score (nSPS) is 20.2. The number of aliphatic hydroxyl groups is 3. The van der Waals surface area contributed by atoms with E-state index < -0.39 is 30.4 Å². The van der Waals surface area contributed by atoms with Gasteiger partial charge in [-0.2, -0.15) is 0 Å². The fourth-order valence-corrected chi connectivity index (χ4v) is 3.67. The maximum Gasteiger partial charge on any atom is 0.342 e. The number of aromatic nitrogens is 1. The highest BCUT2D eigenvalue weighted by atomic mass is 16.5. The molecule has 5 atom stereocenters. The average Bonchev–Trinajstić information content (AvgIpc) is 3.18. The molecule has 0 bridgehead atoms. The molecule has 8 heteroatoms. The molecule has 1 aromatic carbocycles. The van der Waals surface area contributed by atoms with Crippen molar-refractivity contribution in [1.82, 2.24) is 4.98 Å². The molecular weight excluding hydrogens is 402 g/mol. The molecule has 31 heavy (non-hydrogen) atoms. The van der Waals surface area contributed by atoms with Crippen molar-refractivity contribution in [2.45, 2.75) is 63.9 Å². The number of fused-ring (bicyclic) bond motifs is 1. The highest BCUT2D eigenvalue weighted by Gasteiger charge is 2.29. The number of cyclic esters (lactones) is 1. The van der Waals surface area contributed by atoms with Crippen molar-refractivity contribution < 1.29 is 34.4 Å². The van der Waals surface area contributed by atoms with Crippen molar-refractivity contribution in [2.75, 3.05) is 0 Å². The molecule has 0 radical (unpaired) electrons. The summed E-state index contributed by atoms with van der Waals surface area (Å²) in [4.78, 5) is 16.4. The molecule has 0 unspecified atom stereocenters. The van der Waals surface area contributed by atoms with Gasteiger partial charge in [-0.25, -0.2) is 9.78 Å². The number of oxazole rings is 1. The van der Waals surface area contributed by atoms with Gasteiger partial charge in [0, 0.05) is 18.8 Å². The molecule has 4 N–H and O–H groups in total. The van der Waals surface area contributed by atoms with Crippen molar-refractivity contribution >= 4 is 12.0 Å². The SMILES string of the molecule is CC[C@@H](O)[C@@H](C)[C@@H](O)Cc1nc(/C=C/[C@H](O)C[C@@H]2Cc3cccc(O)c3C(=O)O2)co1. The van der Waals surface area contributed by atoms with E-state index in [0.29, 0.717) is 30.0 Å². The third-order valence-electron chi connectivity index (χ3n) is 5.63. The van der Waals surface area contributed by atoms with E-state index in [1.165, 1.54) is 18.4 Å². The standard InChI is InChI=1S/C23H29NO7/c1-3-18(26)13(2)20(28)11-21-24-15(12-30-21)7-8-16(25)10-17-9-14-5-4-6-19(27)22(14)23(29)31-17/h4-8,12-13,16-18,20,25-28H,3,9-11H2,1-2H3/b8-7+/t13-,16+,17+,18-,20+/m1/s1. The number of rotatable bonds is 9. The number of ether oxygens (including phenoxy) is 1. The van der Waals surface area contributed by atoms with E-state index in [9.17, 15) is 25.2 Å². The predicted octanol–water partition coefficient (Wildman–Crippen LogP) is 2.24. The third-order valence-corrected chi connectivity index (χ3v) is 5.63. The van der Waals surface area contributed by atoms with Crippen LogP contribution in [0.3, 0.4) is 0 Å². The van der Waals surface area contributed by atoms with Crippen LogP contribution >= 0.6 is 0 Å². The highest BCUT2D eigenvalue weighted by Crippen LogP contribution is 2.29. The quantitative estimate of drug-likeness (QED) is 0.444. The van der Waals surface area contributed by atoms with Crippen LogP contribution in [0, 0.1) is 5.92 Å². The minimum Gasteiger partial charge on any atom is -0.507 e. The van der Waals surface area contributed by atoms with Gasteiger partial charge in [-0.1, -0.05) is 32.1 Å². The second-order valence-corrected chi connectivity index (χ2v) is 7.98. The van der Waals surface area contributed by atoms with E-state index in [-0.39, 0.29) is 30.1 Å². The molecule has 8 nitrogen and oxygen atoms in total. The zero-order valence-corrected chi connectivity index (χ0v) is 17.6. The van der Waals surface area contributed by atoms with E-state index in [0.717, 1.165) is 0 Å².